The molecule has 0 amide bonds. The molecule has 2 rings (SSSR count). The van der Waals surface area contributed by atoms with Gasteiger partial charge in [0.1, 0.15) is 17.4 Å². The molecule has 2 N–H and O–H groups in total. The first-order valence-electron chi connectivity index (χ1n) is 6.71. The van der Waals surface area contributed by atoms with Gasteiger partial charge in [-0.05, 0) is 24.6 Å². The molecule has 0 spiro atoms. The van der Waals surface area contributed by atoms with Crippen molar-refractivity contribution < 1.29 is 14.6 Å². The summed E-state index contributed by atoms with van der Waals surface area (Å²) in [6, 6.07) is 7.60. The van der Waals surface area contributed by atoms with E-state index in [1.54, 1.807) is 19.2 Å². The molecule has 5 nitrogen and oxygen atoms in total. The highest BCUT2D eigenvalue weighted by Gasteiger charge is 2.38. The Morgan fingerprint density at radius 3 is 3.00 bits per heavy atom. The van der Waals surface area contributed by atoms with Gasteiger partial charge in [0, 0.05) is 26.1 Å². The molecule has 1 aliphatic heterocycles. The van der Waals surface area contributed by atoms with Crippen LogP contribution in [0.4, 0.5) is 0 Å². The zero-order chi connectivity index (χ0) is 14.6. The lowest BCUT2D eigenvalue weighted by atomic mass is 9.96. The first kappa shape index (κ1) is 14.8. The normalized spacial score (nSPS) is 25.4. The number of rotatable bonds is 5. The molecule has 0 aromatic heterocycles. The third-order valence-electron chi connectivity index (χ3n) is 3.80. The van der Waals surface area contributed by atoms with Crippen LogP contribution in [0.25, 0.3) is 0 Å². The van der Waals surface area contributed by atoms with E-state index in [1.165, 1.54) is 0 Å². The molecule has 0 saturated carbocycles. The molecule has 2 unspecified atom stereocenters. The molecule has 20 heavy (non-hydrogen) atoms. The molecule has 0 aliphatic carbocycles. The Labute approximate surface area is 119 Å². The van der Waals surface area contributed by atoms with Crippen molar-refractivity contribution in [1.82, 2.24) is 5.32 Å². The first-order chi connectivity index (χ1) is 9.59. The van der Waals surface area contributed by atoms with Crippen LogP contribution in [0.2, 0.25) is 0 Å². The Balaban J connectivity index is 1.93. The molecular formula is C15H20N2O3. The lowest BCUT2D eigenvalue weighted by molar-refractivity contribution is -0.0262. The van der Waals surface area contributed by atoms with Crippen LogP contribution in [0.1, 0.15) is 24.5 Å². The second-order valence-electron chi connectivity index (χ2n) is 5.12. The number of nitrogens with one attached hydrogen (secondary N) is 1. The van der Waals surface area contributed by atoms with E-state index in [2.05, 4.69) is 11.4 Å². The largest absolute Gasteiger partial charge is 0.495 e. The average Bonchev–Trinajstić information content (AvgIpc) is 2.78. The maximum atomic E-state index is 10.4. The van der Waals surface area contributed by atoms with E-state index in [4.69, 9.17) is 14.7 Å². The molecule has 1 heterocycles. The van der Waals surface area contributed by atoms with Crippen LogP contribution < -0.4 is 10.1 Å². The first-order valence-corrected chi connectivity index (χ1v) is 6.71. The van der Waals surface area contributed by atoms with Gasteiger partial charge in [-0.25, -0.2) is 0 Å². The van der Waals surface area contributed by atoms with Crippen molar-refractivity contribution in [3.8, 4) is 11.8 Å². The summed E-state index contributed by atoms with van der Waals surface area (Å²) in [4.78, 5) is 0. The van der Waals surface area contributed by atoms with Crippen molar-refractivity contribution in [2.75, 3.05) is 20.3 Å². The Morgan fingerprint density at radius 2 is 2.40 bits per heavy atom. The van der Waals surface area contributed by atoms with Gasteiger partial charge in [0.2, 0.25) is 0 Å². The second-order valence-corrected chi connectivity index (χ2v) is 5.12. The lowest BCUT2D eigenvalue weighted by Gasteiger charge is -2.26. The third-order valence-corrected chi connectivity index (χ3v) is 3.80. The number of nitriles is 1. The van der Waals surface area contributed by atoms with Crippen LogP contribution in [-0.4, -0.2) is 37.1 Å². The quantitative estimate of drug-likeness (QED) is 0.845. The molecule has 2 atom stereocenters. The number of methoxy groups -OCH3 is 1. The number of benzene rings is 1. The highest BCUT2D eigenvalue weighted by molar-refractivity contribution is 5.45. The molecule has 108 valence electrons. The van der Waals surface area contributed by atoms with E-state index in [9.17, 15) is 5.11 Å². The van der Waals surface area contributed by atoms with E-state index in [1.807, 2.05) is 13.0 Å². The highest BCUT2D eigenvalue weighted by atomic mass is 16.5. The van der Waals surface area contributed by atoms with E-state index in [-0.39, 0.29) is 6.10 Å². The van der Waals surface area contributed by atoms with Crippen molar-refractivity contribution in [3.05, 3.63) is 29.3 Å². The molecule has 5 heteroatoms. The molecule has 1 aromatic rings. The van der Waals surface area contributed by atoms with Crippen molar-refractivity contribution in [2.24, 2.45) is 0 Å². The molecule has 0 bridgehead atoms. The summed E-state index contributed by atoms with van der Waals surface area (Å²) in [5.74, 6) is 0.577. The van der Waals surface area contributed by atoms with Gasteiger partial charge in [-0.2, -0.15) is 5.26 Å². The van der Waals surface area contributed by atoms with Gasteiger partial charge >= 0.3 is 0 Å². The summed E-state index contributed by atoms with van der Waals surface area (Å²) in [5, 5.41) is 22.6. The van der Waals surface area contributed by atoms with Crippen LogP contribution in [0.15, 0.2) is 18.2 Å². The van der Waals surface area contributed by atoms with Gasteiger partial charge in [0.05, 0.1) is 18.8 Å². The fourth-order valence-corrected chi connectivity index (χ4v) is 2.38. The fourth-order valence-electron chi connectivity index (χ4n) is 2.38. The van der Waals surface area contributed by atoms with Crippen LogP contribution in [0.5, 0.6) is 5.75 Å². The summed E-state index contributed by atoms with van der Waals surface area (Å²) in [6.07, 6.45) is 0.494. The van der Waals surface area contributed by atoms with Gasteiger partial charge in [0.25, 0.3) is 0 Å². The maximum Gasteiger partial charge on any atom is 0.136 e. The summed E-state index contributed by atoms with van der Waals surface area (Å²) in [7, 11) is 1.55. The van der Waals surface area contributed by atoms with Crippen molar-refractivity contribution in [1.29, 1.82) is 5.26 Å². The van der Waals surface area contributed by atoms with Crippen molar-refractivity contribution >= 4 is 0 Å². The average molecular weight is 276 g/mol. The predicted octanol–water partition coefficient (Wildman–Crippen LogP) is 1.20. The number of ether oxygens (including phenoxy) is 2. The summed E-state index contributed by atoms with van der Waals surface area (Å²) in [5.41, 5.74) is 0.699. The van der Waals surface area contributed by atoms with E-state index < -0.39 is 5.60 Å². The minimum Gasteiger partial charge on any atom is -0.495 e. The predicted molar refractivity (Wildman–Crippen MR) is 74.4 cm³/mol. The summed E-state index contributed by atoms with van der Waals surface area (Å²) >= 11 is 0. The molecule has 1 aliphatic rings. The number of hydrogen-bond acceptors (Lipinski definition) is 5. The Morgan fingerprint density at radius 1 is 1.60 bits per heavy atom. The molecule has 1 fully saturated rings. The molecule has 1 aromatic carbocycles. The van der Waals surface area contributed by atoms with Gasteiger partial charge in [0.15, 0.2) is 0 Å². The van der Waals surface area contributed by atoms with Crippen molar-refractivity contribution in [2.45, 2.75) is 31.6 Å². The van der Waals surface area contributed by atoms with E-state index >= 15 is 0 Å². The standard InChI is InChI=1S/C15H20N2O3/c1-11-15(18,5-6-20-11)10-17-9-12-3-4-14(19-2)13(7-12)8-16/h3-4,7,11,17-18H,5-6,9-10H2,1-2H3. The minimum absolute atomic E-state index is 0.152. The van der Waals surface area contributed by atoms with E-state index in [0.717, 1.165) is 5.56 Å². The van der Waals surface area contributed by atoms with Crippen LogP contribution in [-0.2, 0) is 11.3 Å². The van der Waals surface area contributed by atoms with Gasteiger partial charge in [-0.3, -0.25) is 0 Å². The number of hydrogen-bond donors (Lipinski definition) is 2. The zero-order valence-electron chi connectivity index (χ0n) is 11.8. The van der Waals surface area contributed by atoms with Gasteiger partial charge < -0.3 is 19.9 Å². The summed E-state index contributed by atoms with van der Waals surface area (Å²) < 4.78 is 10.5. The second kappa shape index (κ2) is 6.23. The third kappa shape index (κ3) is 3.10. The highest BCUT2D eigenvalue weighted by Crippen LogP contribution is 2.25. The monoisotopic (exact) mass is 276 g/mol. The van der Waals surface area contributed by atoms with E-state index in [0.29, 0.717) is 37.4 Å². The summed E-state index contributed by atoms with van der Waals surface area (Å²) in [6.45, 7) is 3.55. The van der Waals surface area contributed by atoms with Crippen molar-refractivity contribution in [3.63, 3.8) is 0 Å². The Bertz CT molecular complexity index is 512. The van der Waals surface area contributed by atoms with Crippen LogP contribution in [0.3, 0.4) is 0 Å². The number of aliphatic hydroxyl groups is 1. The smallest absolute Gasteiger partial charge is 0.136 e. The maximum absolute atomic E-state index is 10.4. The van der Waals surface area contributed by atoms with Crippen LogP contribution in [0, 0.1) is 11.3 Å². The molecule has 0 radical (unpaired) electrons. The Kier molecular flexibility index (Phi) is 4.61. The van der Waals surface area contributed by atoms with Gasteiger partial charge in [-0.15, -0.1) is 0 Å². The topological polar surface area (TPSA) is 74.5 Å². The molecule has 1 saturated heterocycles. The Hall–Kier alpha value is -1.61. The van der Waals surface area contributed by atoms with Crippen LogP contribution >= 0.6 is 0 Å². The fraction of sp³-hybridized carbons (Fsp3) is 0.533. The SMILES string of the molecule is COc1ccc(CNCC2(O)CCOC2C)cc1C#N. The zero-order valence-corrected chi connectivity index (χ0v) is 11.8. The minimum atomic E-state index is -0.801. The molecular weight excluding hydrogens is 256 g/mol. The number of nitrogens with zero attached hydrogens (tertiary/aromatic N) is 1. The van der Waals surface area contributed by atoms with Gasteiger partial charge in [-0.1, -0.05) is 6.07 Å². The lowest BCUT2D eigenvalue weighted by Crippen LogP contribution is -2.45.